The van der Waals surface area contributed by atoms with Crippen molar-refractivity contribution in [1.82, 2.24) is 0 Å². The maximum atomic E-state index is 4.00. The zero-order valence-corrected chi connectivity index (χ0v) is 1.15. The number of rotatable bonds is 0. The van der Waals surface area contributed by atoms with Crippen molar-refractivity contribution in [2.45, 2.75) is 0 Å². The monoisotopic (exact) mass is 76.0 g/mol. The second-order valence-corrected chi connectivity index (χ2v) is 0. The van der Waals surface area contributed by atoms with Crippen molar-refractivity contribution in [3.63, 3.8) is 0 Å². The van der Waals surface area contributed by atoms with Crippen LogP contribution in [-0.2, 0) is 0 Å². The Morgan fingerprint density at radius 2 is 1.00 bits per heavy atom. The van der Waals surface area contributed by atoms with Crippen LogP contribution in [0, 0.1) is 12.8 Å². The van der Waals surface area contributed by atoms with Crippen LogP contribution in [0.15, 0.2) is 0 Å². The van der Waals surface area contributed by atoms with Crippen LogP contribution in [0.4, 0.5) is 0 Å². The summed E-state index contributed by atoms with van der Waals surface area (Å²) >= 11 is 0. The van der Waals surface area contributed by atoms with E-state index in [9.17, 15) is 0 Å². The van der Waals surface area contributed by atoms with Gasteiger partial charge in [0.05, 0.1) is 0 Å². The van der Waals surface area contributed by atoms with Gasteiger partial charge in [0.1, 0.15) is 0 Å². The van der Waals surface area contributed by atoms with Gasteiger partial charge in [-0.3, -0.25) is 0 Å². The second kappa shape index (κ2) is 27.2. The third-order valence-corrected chi connectivity index (χ3v) is 0. The minimum absolute atomic E-state index is 0. The third kappa shape index (κ3) is 10.2. The molecular formula is C2H5MgNa. The molecule has 0 aliphatic carbocycles. The van der Waals surface area contributed by atoms with Crippen molar-refractivity contribution in [3.8, 4) is 12.8 Å². The molecule has 0 aliphatic rings. The first-order valence-electron chi connectivity index (χ1n) is 0.333. The molecule has 0 atom stereocenters. The van der Waals surface area contributed by atoms with Gasteiger partial charge in [0.15, 0.2) is 0 Å². The average molecular weight is 76.4 g/mol. The zero-order chi connectivity index (χ0) is 2.00. The Hall–Kier alpha value is 1.33. The maximum absolute atomic E-state index is 4.00. The van der Waals surface area contributed by atoms with Gasteiger partial charge in [0.25, 0.3) is 0 Å². The molecule has 0 aromatic carbocycles. The van der Waals surface area contributed by atoms with Crippen molar-refractivity contribution in [1.29, 1.82) is 0 Å². The first kappa shape index (κ1) is 18.4. The van der Waals surface area contributed by atoms with Gasteiger partial charge in [0.2, 0.25) is 0 Å². The predicted octanol–water partition coefficient (Wildman–Crippen LogP) is -1.32. The summed E-state index contributed by atoms with van der Waals surface area (Å²) in [6, 6.07) is 0. The van der Waals surface area contributed by atoms with E-state index < -0.39 is 0 Å². The molecule has 2 heteroatoms. The molecule has 0 fully saturated rings. The molecule has 16 valence electrons. The van der Waals surface area contributed by atoms with Crippen molar-refractivity contribution in [3.05, 3.63) is 0 Å². The third-order valence-electron chi connectivity index (χ3n) is 0. The van der Waals surface area contributed by atoms with Crippen molar-refractivity contribution in [2.24, 2.45) is 0 Å². The van der Waals surface area contributed by atoms with Gasteiger partial charge >= 0.3 is 52.6 Å². The summed E-state index contributed by atoms with van der Waals surface area (Å²) in [4.78, 5) is 0. The van der Waals surface area contributed by atoms with E-state index in [4.69, 9.17) is 0 Å². The summed E-state index contributed by atoms with van der Waals surface area (Å²) in [6.07, 6.45) is 8.00. The molecule has 4 heavy (non-hydrogen) atoms. The number of terminal acetylenes is 1. The summed E-state index contributed by atoms with van der Waals surface area (Å²) in [6.45, 7) is 0. The Morgan fingerprint density at radius 1 is 1.00 bits per heavy atom. The average Bonchev–Trinajstić information content (AvgIpc) is 1.00. The Labute approximate surface area is 64.8 Å². The van der Waals surface area contributed by atoms with E-state index in [1.165, 1.54) is 0 Å². The SMILES string of the molecule is C#C.[MgH2].[NaH]. The van der Waals surface area contributed by atoms with Gasteiger partial charge in [-0.25, -0.2) is 0 Å². The number of hydrogen-bond donors (Lipinski definition) is 0. The van der Waals surface area contributed by atoms with E-state index in [0.29, 0.717) is 0 Å². The molecule has 0 bridgehead atoms. The first-order valence-corrected chi connectivity index (χ1v) is 0.333. The van der Waals surface area contributed by atoms with Crippen LogP contribution in [-0.4, -0.2) is 52.6 Å². The van der Waals surface area contributed by atoms with Gasteiger partial charge in [-0.1, -0.05) is 0 Å². The van der Waals surface area contributed by atoms with E-state index in [-0.39, 0.29) is 52.6 Å². The Kier molecular flexibility index (Phi) is 125. The summed E-state index contributed by atoms with van der Waals surface area (Å²) in [5, 5.41) is 0. The van der Waals surface area contributed by atoms with Crippen LogP contribution in [0.3, 0.4) is 0 Å². The molecular weight excluding hydrogens is 71.3 g/mol. The van der Waals surface area contributed by atoms with Gasteiger partial charge < -0.3 is 0 Å². The van der Waals surface area contributed by atoms with Crippen LogP contribution >= 0.6 is 0 Å². The predicted molar refractivity (Wildman–Crippen MR) is 25.6 cm³/mol. The van der Waals surface area contributed by atoms with Crippen molar-refractivity contribution in [2.75, 3.05) is 0 Å². The summed E-state index contributed by atoms with van der Waals surface area (Å²) in [5.74, 6) is 0. The Balaban J connectivity index is -0.00000000500. The molecule has 0 amide bonds. The summed E-state index contributed by atoms with van der Waals surface area (Å²) in [7, 11) is 0. The van der Waals surface area contributed by atoms with E-state index >= 15 is 0 Å². The van der Waals surface area contributed by atoms with Crippen LogP contribution < -0.4 is 0 Å². The Bertz CT molecular complexity index is 10.8. The molecule has 0 aromatic rings. The molecule has 0 saturated heterocycles. The number of hydrogen-bond acceptors (Lipinski definition) is 0. The first-order chi connectivity index (χ1) is 1.00. The van der Waals surface area contributed by atoms with E-state index in [0.717, 1.165) is 0 Å². The Morgan fingerprint density at radius 3 is 1.00 bits per heavy atom. The molecule has 0 heterocycles. The van der Waals surface area contributed by atoms with E-state index in [2.05, 4.69) is 12.8 Å². The van der Waals surface area contributed by atoms with Gasteiger partial charge in [-0.15, -0.1) is 12.8 Å². The molecule has 0 N–H and O–H groups in total. The summed E-state index contributed by atoms with van der Waals surface area (Å²) in [5.41, 5.74) is 0. The summed E-state index contributed by atoms with van der Waals surface area (Å²) < 4.78 is 0. The molecule has 0 radical (unpaired) electrons. The van der Waals surface area contributed by atoms with Gasteiger partial charge in [-0.05, 0) is 0 Å². The molecule has 0 spiro atoms. The van der Waals surface area contributed by atoms with Crippen LogP contribution in [0.1, 0.15) is 0 Å². The van der Waals surface area contributed by atoms with Crippen LogP contribution in [0.25, 0.3) is 0 Å². The molecule has 0 aliphatic heterocycles. The van der Waals surface area contributed by atoms with Crippen LogP contribution in [0.2, 0.25) is 0 Å². The van der Waals surface area contributed by atoms with E-state index in [1.54, 1.807) is 0 Å². The quantitative estimate of drug-likeness (QED) is 0.248. The molecule has 0 unspecified atom stereocenters. The van der Waals surface area contributed by atoms with Crippen molar-refractivity contribution < 1.29 is 0 Å². The minimum atomic E-state index is 0. The normalized spacial score (nSPS) is 0.500. The zero-order valence-electron chi connectivity index (χ0n) is 1.15. The fourth-order valence-electron chi connectivity index (χ4n) is 0. The van der Waals surface area contributed by atoms with Crippen molar-refractivity contribution >= 4 is 52.6 Å². The standard InChI is InChI=1S/C2H2.Mg.Na.3H/c1-2;;;;;/h1-2H;;;;;. The van der Waals surface area contributed by atoms with E-state index in [1.807, 2.05) is 0 Å². The molecule has 0 rings (SSSR count). The van der Waals surface area contributed by atoms with Crippen LogP contribution in [0.5, 0.6) is 0 Å². The molecule has 0 nitrogen and oxygen atoms in total. The molecule has 0 saturated carbocycles. The molecule has 0 aromatic heterocycles. The van der Waals surface area contributed by atoms with Gasteiger partial charge in [-0.2, -0.15) is 0 Å². The van der Waals surface area contributed by atoms with Gasteiger partial charge in [0, 0.05) is 0 Å². The topological polar surface area (TPSA) is 0 Å². The second-order valence-electron chi connectivity index (χ2n) is 0. The fourth-order valence-corrected chi connectivity index (χ4v) is 0. The fraction of sp³-hybridized carbons (Fsp3) is 0.